The van der Waals surface area contributed by atoms with Crippen LogP contribution in [0.2, 0.25) is 5.02 Å². The molecular formula is C25H25ClN2O6S. The number of hydrogen-bond donors (Lipinski definition) is 1. The number of esters is 1. The van der Waals surface area contributed by atoms with Crippen molar-refractivity contribution in [2.24, 2.45) is 0 Å². The van der Waals surface area contributed by atoms with Gasteiger partial charge in [-0.25, -0.2) is 13.2 Å². The number of para-hydroxylation sites is 1. The summed E-state index contributed by atoms with van der Waals surface area (Å²) in [7, 11) is -2.59. The average Bonchev–Trinajstić information content (AvgIpc) is 2.83. The maximum atomic E-state index is 13.5. The van der Waals surface area contributed by atoms with Crippen molar-refractivity contribution in [3.05, 3.63) is 82.9 Å². The van der Waals surface area contributed by atoms with Crippen LogP contribution in [-0.4, -0.2) is 40.6 Å². The van der Waals surface area contributed by atoms with Gasteiger partial charge in [-0.15, -0.1) is 0 Å². The van der Waals surface area contributed by atoms with Crippen molar-refractivity contribution in [3.63, 3.8) is 0 Å². The molecule has 184 valence electrons. The lowest BCUT2D eigenvalue weighted by Crippen LogP contribution is -2.38. The van der Waals surface area contributed by atoms with E-state index in [9.17, 15) is 18.0 Å². The largest absolute Gasteiger partial charge is 0.496 e. The molecule has 0 saturated heterocycles. The molecule has 35 heavy (non-hydrogen) atoms. The summed E-state index contributed by atoms with van der Waals surface area (Å²) < 4.78 is 38.3. The molecule has 3 aromatic carbocycles. The summed E-state index contributed by atoms with van der Waals surface area (Å²) in [5.74, 6) is -0.620. The van der Waals surface area contributed by atoms with Crippen LogP contribution in [0, 0.1) is 6.92 Å². The number of carbonyl (C=O) groups excluding carboxylic acids is 2. The Morgan fingerprint density at radius 2 is 1.74 bits per heavy atom. The van der Waals surface area contributed by atoms with Gasteiger partial charge in [-0.3, -0.25) is 9.10 Å². The van der Waals surface area contributed by atoms with E-state index in [1.807, 2.05) is 0 Å². The fourth-order valence-electron chi connectivity index (χ4n) is 3.35. The topological polar surface area (TPSA) is 102 Å². The van der Waals surface area contributed by atoms with Gasteiger partial charge in [-0.1, -0.05) is 29.8 Å². The lowest BCUT2D eigenvalue weighted by atomic mass is 10.2. The number of halogens is 1. The third kappa shape index (κ3) is 6.12. The fourth-order valence-corrected chi connectivity index (χ4v) is 5.11. The standard InChI is InChI=1S/C25H25ClN2O6S/c1-4-34-25(30)21-12-10-18(15-22(21)26)27-24(29)16-28(19-8-6-5-7-9-19)35(31,32)20-11-13-23(33-3)17(2)14-20/h5-15H,4,16H2,1-3H3,(H,27,29). The van der Waals surface area contributed by atoms with Crippen molar-refractivity contribution in [3.8, 4) is 5.75 Å². The second-order valence-electron chi connectivity index (χ2n) is 7.44. The average molecular weight is 517 g/mol. The van der Waals surface area contributed by atoms with Crippen molar-refractivity contribution in [1.29, 1.82) is 0 Å². The van der Waals surface area contributed by atoms with Crippen molar-refractivity contribution in [1.82, 2.24) is 0 Å². The van der Waals surface area contributed by atoms with Crippen LogP contribution in [-0.2, 0) is 19.6 Å². The molecule has 0 fully saturated rings. The number of hydrogen-bond acceptors (Lipinski definition) is 6. The quantitative estimate of drug-likeness (QED) is 0.415. The van der Waals surface area contributed by atoms with Crippen molar-refractivity contribution in [2.75, 3.05) is 29.9 Å². The maximum Gasteiger partial charge on any atom is 0.339 e. The summed E-state index contributed by atoms with van der Waals surface area (Å²) in [6, 6.07) is 17.1. The molecule has 0 spiro atoms. The molecule has 1 N–H and O–H groups in total. The summed E-state index contributed by atoms with van der Waals surface area (Å²) in [4.78, 5) is 24.9. The highest BCUT2D eigenvalue weighted by Crippen LogP contribution is 2.28. The Morgan fingerprint density at radius 1 is 1.03 bits per heavy atom. The Balaban J connectivity index is 1.88. The maximum absolute atomic E-state index is 13.5. The number of nitrogens with zero attached hydrogens (tertiary/aromatic N) is 1. The van der Waals surface area contributed by atoms with E-state index in [1.165, 1.54) is 37.4 Å². The molecule has 0 bridgehead atoms. The van der Waals surface area contributed by atoms with Gasteiger partial charge < -0.3 is 14.8 Å². The first-order chi connectivity index (χ1) is 16.7. The highest BCUT2D eigenvalue weighted by Gasteiger charge is 2.28. The van der Waals surface area contributed by atoms with E-state index in [-0.39, 0.29) is 22.1 Å². The molecule has 0 saturated carbocycles. The fraction of sp³-hybridized carbons (Fsp3) is 0.200. The molecule has 0 aromatic heterocycles. The zero-order valence-corrected chi connectivity index (χ0v) is 21.0. The number of carbonyl (C=O) groups is 2. The van der Waals surface area contributed by atoms with Gasteiger partial charge in [0.15, 0.2) is 0 Å². The van der Waals surface area contributed by atoms with E-state index in [0.29, 0.717) is 22.7 Å². The summed E-state index contributed by atoms with van der Waals surface area (Å²) in [5, 5.41) is 2.73. The predicted octanol–water partition coefficient (Wildman–Crippen LogP) is 4.67. The molecular weight excluding hydrogens is 492 g/mol. The number of nitrogens with one attached hydrogen (secondary N) is 1. The van der Waals surface area contributed by atoms with Crippen LogP contribution in [0.25, 0.3) is 0 Å². The molecule has 3 aromatic rings. The molecule has 0 aliphatic rings. The smallest absolute Gasteiger partial charge is 0.339 e. The molecule has 0 aliphatic carbocycles. The molecule has 0 aliphatic heterocycles. The van der Waals surface area contributed by atoms with E-state index in [4.69, 9.17) is 21.1 Å². The van der Waals surface area contributed by atoms with Crippen LogP contribution in [0.3, 0.4) is 0 Å². The molecule has 0 atom stereocenters. The molecule has 8 nitrogen and oxygen atoms in total. The highest BCUT2D eigenvalue weighted by molar-refractivity contribution is 7.92. The molecule has 0 unspecified atom stereocenters. The Bertz CT molecular complexity index is 1330. The second-order valence-corrected chi connectivity index (χ2v) is 9.71. The monoisotopic (exact) mass is 516 g/mol. The minimum absolute atomic E-state index is 0.0225. The number of anilines is 2. The number of methoxy groups -OCH3 is 1. The zero-order valence-electron chi connectivity index (χ0n) is 19.4. The lowest BCUT2D eigenvalue weighted by Gasteiger charge is -2.24. The predicted molar refractivity (Wildman–Crippen MR) is 135 cm³/mol. The zero-order chi connectivity index (χ0) is 25.6. The highest BCUT2D eigenvalue weighted by atomic mass is 35.5. The van der Waals surface area contributed by atoms with Crippen LogP contribution in [0.15, 0.2) is 71.6 Å². The van der Waals surface area contributed by atoms with Gasteiger partial charge in [-0.2, -0.15) is 0 Å². The Hall–Kier alpha value is -3.56. The van der Waals surface area contributed by atoms with Crippen LogP contribution in [0.5, 0.6) is 5.75 Å². The normalized spacial score (nSPS) is 11.0. The number of ether oxygens (including phenoxy) is 2. The number of benzene rings is 3. The Morgan fingerprint density at radius 3 is 2.34 bits per heavy atom. The Labute approximate surface area is 209 Å². The van der Waals surface area contributed by atoms with E-state index >= 15 is 0 Å². The second kappa shape index (κ2) is 11.2. The van der Waals surface area contributed by atoms with Crippen LogP contribution < -0.4 is 14.4 Å². The van der Waals surface area contributed by atoms with Gasteiger partial charge >= 0.3 is 5.97 Å². The Kier molecular flexibility index (Phi) is 8.37. The summed E-state index contributed by atoms with van der Waals surface area (Å²) >= 11 is 6.17. The third-order valence-electron chi connectivity index (χ3n) is 5.03. The summed E-state index contributed by atoms with van der Waals surface area (Å²) in [6.07, 6.45) is 0. The van der Waals surface area contributed by atoms with E-state index < -0.39 is 28.4 Å². The van der Waals surface area contributed by atoms with Crippen molar-refractivity contribution in [2.45, 2.75) is 18.7 Å². The molecule has 10 heteroatoms. The first-order valence-electron chi connectivity index (χ1n) is 10.7. The van der Waals surface area contributed by atoms with Gasteiger partial charge in [0.2, 0.25) is 5.91 Å². The van der Waals surface area contributed by atoms with Gasteiger partial charge in [-0.05, 0) is 67.9 Å². The molecule has 0 radical (unpaired) electrons. The van der Waals surface area contributed by atoms with E-state index in [0.717, 1.165) is 4.31 Å². The number of sulfonamides is 1. The molecule has 3 rings (SSSR count). The van der Waals surface area contributed by atoms with Crippen molar-refractivity contribution < 1.29 is 27.5 Å². The van der Waals surface area contributed by atoms with Gasteiger partial charge in [0.05, 0.1) is 34.9 Å². The van der Waals surface area contributed by atoms with E-state index in [1.54, 1.807) is 50.2 Å². The minimum atomic E-state index is -4.09. The first-order valence-corrected chi connectivity index (χ1v) is 12.5. The minimum Gasteiger partial charge on any atom is -0.496 e. The van der Waals surface area contributed by atoms with Gasteiger partial charge in [0.25, 0.3) is 10.0 Å². The SMILES string of the molecule is CCOC(=O)c1ccc(NC(=O)CN(c2ccccc2)S(=O)(=O)c2ccc(OC)c(C)c2)cc1Cl. The summed E-state index contributed by atoms with van der Waals surface area (Å²) in [5.41, 5.74) is 1.43. The molecule has 1 amide bonds. The lowest BCUT2D eigenvalue weighted by molar-refractivity contribution is -0.114. The van der Waals surface area contributed by atoms with Crippen LogP contribution in [0.1, 0.15) is 22.8 Å². The number of rotatable bonds is 9. The third-order valence-corrected chi connectivity index (χ3v) is 7.12. The molecule has 0 heterocycles. The van der Waals surface area contributed by atoms with Gasteiger partial charge in [0, 0.05) is 5.69 Å². The van der Waals surface area contributed by atoms with Gasteiger partial charge in [0.1, 0.15) is 12.3 Å². The van der Waals surface area contributed by atoms with Crippen molar-refractivity contribution >= 4 is 44.9 Å². The number of amides is 1. The number of aryl methyl sites for hydroxylation is 1. The van der Waals surface area contributed by atoms with Crippen LogP contribution >= 0.6 is 11.6 Å². The summed E-state index contributed by atoms with van der Waals surface area (Å²) in [6.45, 7) is 3.13. The van der Waals surface area contributed by atoms with Crippen LogP contribution in [0.4, 0.5) is 11.4 Å². The van der Waals surface area contributed by atoms with E-state index in [2.05, 4.69) is 5.32 Å². The first kappa shape index (κ1) is 26.1.